The highest BCUT2D eigenvalue weighted by Crippen LogP contribution is 2.28. The Morgan fingerprint density at radius 2 is 1.74 bits per heavy atom. The first-order valence-corrected chi connectivity index (χ1v) is 13.8. The highest BCUT2D eigenvalue weighted by molar-refractivity contribution is 5.81. The smallest absolute Gasteiger partial charge is 0.226 e. The Bertz CT molecular complexity index is 979. The Balaban J connectivity index is 1.19. The number of piperidine rings is 2. The average molecular weight is 480 g/mol. The summed E-state index contributed by atoms with van der Waals surface area (Å²) in [4.78, 5) is 22.7. The monoisotopic (exact) mass is 479 g/mol. The van der Waals surface area contributed by atoms with Crippen molar-refractivity contribution in [1.29, 1.82) is 0 Å². The van der Waals surface area contributed by atoms with Crippen LogP contribution in [-0.4, -0.2) is 53.3 Å². The van der Waals surface area contributed by atoms with Gasteiger partial charge in [-0.25, -0.2) is 4.98 Å². The predicted molar refractivity (Wildman–Crippen MR) is 142 cm³/mol. The topological polar surface area (TPSA) is 49.6 Å². The van der Waals surface area contributed by atoms with Gasteiger partial charge in [-0.2, -0.15) is 0 Å². The van der Waals surface area contributed by atoms with Gasteiger partial charge in [0.2, 0.25) is 5.89 Å². The molecular weight excluding hydrogens is 434 g/mol. The van der Waals surface area contributed by atoms with E-state index in [2.05, 4.69) is 55.7 Å². The molecule has 0 N–H and O–H groups in total. The molecule has 0 radical (unpaired) electrons. The van der Waals surface area contributed by atoms with Crippen LogP contribution in [0.25, 0.3) is 11.5 Å². The van der Waals surface area contributed by atoms with E-state index in [1.165, 1.54) is 30.6 Å². The van der Waals surface area contributed by atoms with Crippen LogP contribution in [0.4, 0.5) is 0 Å². The number of aryl methyl sites for hydroxylation is 3. The maximum atomic E-state index is 12.8. The minimum atomic E-state index is 0.241. The predicted octanol–water partition coefficient (Wildman–Crippen LogP) is 6.20. The number of oxazole rings is 1. The minimum Gasteiger partial charge on any atom is -0.441 e. The molecule has 5 nitrogen and oxygen atoms in total. The molecule has 192 valence electrons. The normalized spacial score (nSPS) is 22.5. The van der Waals surface area contributed by atoms with Gasteiger partial charge in [0.1, 0.15) is 11.5 Å². The molecule has 35 heavy (non-hydrogen) atoms. The summed E-state index contributed by atoms with van der Waals surface area (Å²) in [5, 5.41) is 0. The molecule has 2 aliphatic heterocycles. The van der Waals surface area contributed by atoms with E-state index in [0.29, 0.717) is 5.78 Å². The molecule has 0 amide bonds. The van der Waals surface area contributed by atoms with Crippen molar-refractivity contribution in [2.75, 3.05) is 32.7 Å². The lowest BCUT2D eigenvalue weighted by molar-refractivity contribution is -0.124. The van der Waals surface area contributed by atoms with Crippen LogP contribution in [0.15, 0.2) is 22.6 Å². The highest BCUT2D eigenvalue weighted by atomic mass is 16.4. The Morgan fingerprint density at radius 3 is 2.46 bits per heavy atom. The number of carbonyl (C=O) groups is 1. The first-order chi connectivity index (χ1) is 16.8. The highest BCUT2D eigenvalue weighted by Gasteiger charge is 2.26. The van der Waals surface area contributed by atoms with E-state index >= 15 is 0 Å². The second-order valence-corrected chi connectivity index (χ2v) is 11.5. The zero-order valence-corrected chi connectivity index (χ0v) is 22.6. The van der Waals surface area contributed by atoms with E-state index in [1.807, 2.05) is 6.92 Å². The Morgan fingerprint density at radius 1 is 1.03 bits per heavy atom. The number of nitrogens with zero attached hydrogens (tertiary/aromatic N) is 3. The molecule has 2 aromatic rings. The van der Waals surface area contributed by atoms with Crippen molar-refractivity contribution in [2.45, 2.75) is 79.7 Å². The van der Waals surface area contributed by atoms with Crippen LogP contribution in [0.1, 0.15) is 75.0 Å². The lowest BCUT2D eigenvalue weighted by Crippen LogP contribution is -2.39. The van der Waals surface area contributed by atoms with Crippen molar-refractivity contribution < 1.29 is 9.21 Å². The van der Waals surface area contributed by atoms with E-state index in [0.717, 1.165) is 93.0 Å². The van der Waals surface area contributed by atoms with Gasteiger partial charge < -0.3 is 9.32 Å². The number of likely N-dealkylation sites (tertiary alicyclic amines) is 2. The molecule has 2 atom stereocenters. The van der Waals surface area contributed by atoms with Crippen LogP contribution < -0.4 is 0 Å². The molecule has 2 aliphatic rings. The standard InChI is InChI=1S/C30H45N3O2/c1-21-9-10-24(4)27(17-21)30-31-28(25(5)35-30)20-32-14-11-26(12-15-32)29(34)8-6-7-13-33-18-22(2)16-23(3)19-33/h9-10,17,22-23,26H,6-8,11-16,18-20H2,1-5H3/t22-,23+. The number of ketones is 1. The molecule has 4 rings (SSSR count). The first kappa shape index (κ1) is 26.1. The van der Waals surface area contributed by atoms with E-state index in [1.54, 1.807) is 0 Å². The molecule has 1 aromatic carbocycles. The molecule has 0 saturated carbocycles. The second kappa shape index (κ2) is 11.8. The Labute approximate surface area is 212 Å². The van der Waals surface area contributed by atoms with Gasteiger partial charge in [0.25, 0.3) is 0 Å². The summed E-state index contributed by atoms with van der Waals surface area (Å²) < 4.78 is 6.05. The lowest BCUT2D eigenvalue weighted by Gasteiger charge is -2.35. The summed E-state index contributed by atoms with van der Waals surface area (Å²) >= 11 is 0. The van der Waals surface area contributed by atoms with Gasteiger partial charge >= 0.3 is 0 Å². The maximum absolute atomic E-state index is 12.8. The van der Waals surface area contributed by atoms with E-state index in [4.69, 9.17) is 9.40 Å². The summed E-state index contributed by atoms with van der Waals surface area (Å²) in [5.74, 6) is 3.97. The molecule has 5 heteroatoms. The molecule has 0 unspecified atom stereocenters. The number of carbonyl (C=O) groups excluding carboxylic acids is 1. The van der Waals surface area contributed by atoms with Gasteiger partial charge in [0.15, 0.2) is 0 Å². The molecule has 3 heterocycles. The van der Waals surface area contributed by atoms with Gasteiger partial charge in [-0.15, -0.1) is 0 Å². The van der Waals surface area contributed by atoms with Crippen molar-refractivity contribution in [3.63, 3.8) is 0 Å². The minimum absolute atomic E-state index is 0.241. The molecule has 0 bridgehead atoms. The summed E-state index contributed by atoms with van der Waals surface area (Å²) in [7, 11) is 0. The van der Waals surface area contributed by atoms with Crippen LogP contribution in [0.2, 0.25) is 0 Å². The largest absolute Gasteiger partial charge is 0.441 e. The molecule has 1 aromatic heterocycles. The molecule has 0 aliphatic carbocycles. The lowest BCUT2D eigenvalue weighted by atomic mass is 9.89. The fourth-order valence-electron chi connectivity index (χ4n) is 6.09. The van der Waals surface area contributed by atoms with Crippen molar-refractivity contribution in [3.8, 4) is 11.5 Å². The van der Waals surface area contributed by atoms with Crippen molar-refractivity contribution in [2.24, 2.45) is 17.8 Å². The van der Waals surface area contributed by atoms with Gasteiger partial charge in [-0.05, 0) is 96.0 Å². The summed E-state index contributed by atoms with van der Waals surface area (Å²) in [6, 6.07) is 6.39. The third-order valence-electron chi connectivity index (χ3n) is 8.02. The van der Waals surface area contributed by atoms with Crippen LogP contribution in [0.5, 0.6) is 0 Å². The van der Waals surface area contributed by atoms with Crippen LogP contribution in [0, 0.1) is 38.5 Å². The first-order valence-electron chi connectivity index (χ1n) is 13.8. The SMILES string of the molecule is Cc1ccc(C)c(-c2nc(CN3CCC(C(=O)CCCCN4C[C@H](C)C[C@H](C)C4)CC3)c(C)o2)c1. The number of hydrogen-bond donors (Lipinski definition) is 0. The van der Waals surface area contributed by atoms with Crippen molar-refractivity contribution in [3.05, 3.63) is 40.8 Å². The van der Waals surface area contributed by atoms with Gasteiger partial charge in [-0.3, -0.25) is 9.69 Å². The van der Waals surface area contributed by atoms with E-state index < -0.39 is 0 Å². The van der Waals surface area contributed by atoms with Crippen LogP contribution in [-0.2, 0) is 11.3 Å². The molecule has 2 fully saturated rings. The number of Topliss-reactive ketones (excluding diaryl/α,β-unsaturated/α-hetero) is 1. The molecule has 0 spiro atoms. The van der Waals surface area contributed by atoms with Gasteiger partial charge in [0, 0.05) is 37.5 Å². The number of benzene rings is 1. The zero-order chi connectivity index (χ0) is 24.9. The third kappa shape index (κ3) is 7.04. The van der Waals surface area contributed by atoms with Crippen molar-refractivity contribution >= 4 is 5.78 Å². The quantitative estimate of drug-likeness (QED) is 0.401. The fraction of sp³-hybridized carbons (Fsp3) is 0.667. The maximum Gasteiger partial charge on any atom is 0.226 e. The van der Waals surface area contributed by atoms with E-state index in [9.17, 15) is 4.79 Å². The zero-order valence-electron chi connectivity index (χ0n) is 22.6. The summed E-state index contributed by atoms with van der Waals surface area (Å²) in [6.45, 7) is 17.3. The summed E-state index contributed by atoms with van der Waals surface area (Å²) in [6.07, 6.45) is 6.25. The number of rotatable bonds is 9. The molecular formula is C30H45N3O2. The van der Waals surface area contributed by atoms with E-state index in [-0.39, 0.29) is 5.92 Å². The fourth-order valence-corrected chi connectivity index (χ4v) is 6.09. The number of unbranched alkanes of at least 4 members (excludes halogenated alkanes) is 1. The van der Waals surface area contributed by atoms with Crippen LogP contribution >= 0.6 is 0 Å². The average Bonchev–Trinajstić information content (AvgIpc) is 3.18. The van der Waals surface area contributed by atoms with Gasteiger partial charge in [-0.1, -0.05) is 31.5 Å². The number of hydrogen-bond acceptors (Lipinski definition) is 5. The van der Waals surface area contributed by atoms with Crippen molar-refractivity contribution in [1.82, 2.24) is 14.8 Å². The second-order valence-electron chi connectivity index (χ2n) is 11.5. The Kier molecular flexibility index (Phi) is 8.82. The number of aromatic nitrogens is 1. The third-order valence-corrected chi connectivity index (χ3v) is 8.02. The van der Waals surface area contributed by atoms with Gasteiger partial charge in [0.05, 0.1) is 5.69 Å². The van der Waals surface area contributed by atoms with Crippen LogP contribution in [0.3, 0.4) is 0 Å². The summed E-state index contributed by atoms with van der Waals surface area (Å²) in [5.41, 5.74) is 4.49. The Hall–Kier alpha value is -1.98. The molecule has 2 saturated heterocycles.